The molecule has 5 heteroatoms. The highest BCUT2D eigenvalue weighted by Gasteiger charge is 2.31. The van der Waals surface area contributed by atoms with Gasteiger partial charge in [-0.2, -0.15) is 0 Å². The van der Waals surface area contributed by atoms with Gasteiger partial charge in [0.15, 0.2) is 0 Å². The van der Waals surface area contributed by atoms with Crippen molar-refractivity contribution in [3.05, 3.63) is 29.8 Å². The molecule has 1 saturated heterocycles. The lowest BCUT2D eigenvalue weighted by Crippen LogP contribution is -2.44. The van der Waals surface area contributed by atoms with E-state index in [0.29, 0.717) is 19.0 Å². The molecule has 0 bridgehead atoms. The zero-order valence-corrected chi connectivity index (χ0v) is 15.2. The first-order chi connectivity index (χ1) is 11.3. The second kappa shape index (κ2) is 7.88. The van der Waals surface area contributed by atoms with Crippen molar-refractivity contribution < 1.29 is 14.3 Å². The van der Waals surface area contributed by atoms with Crippen molar-refractivity contribution in [1.29, 1.82) is 0 Å². The maximum atomic E-state index is 12.3. The Morgan fingerprint density at radius 3 is 2.54 bits per heavy atom. The molecular formula is C19H30N2O3. The summed E-state index contributed by atoms with van der Waals surface area (Å²) < 4.78 is 10.7. The molecule has 1 aromatic carbocycles. The largest absolute Gasteiger partial charge is 0.497 e. The van der Waals surface area contributed by atoms with Crippen molar-refractivity contribution >= 4 is 6.09 Å². The number of carbonyl (C=O) groups excluding carboxylic acids is 1. The number of methoxy groups -OCH3 is 1. The zero-order valence-electron chi connectivity index (χ0n) is 15.2. The molecule has 5 nitrogen and oxygen atoms in total. The quantitative estimate of drug-likeness (QED) is 0.917. The fourth-order valence-electron chi connectivity index (χ4n) is 3.28. The van der Waals surface area contributed by atoms with E-state index >= 15 is 0 Å². The van der Waals surface area contributed by atoms with Gasteiger partial charge in [0.1, 0.15) is 11.4 Å². The second-order valence-corrected chi connectivity index (χ2v) is 7.44. The highest BCUT2D eigenvalue weighted by Crippen LogP contribution is 2.32. The molecule has 1 amide bonds. The number of ether oxygens (including phenoxy) is 2. The molecule has 1 aliphatic rings. The predicted octanol–water partition coefficient (Wildman–Crippen LogP) is 3.38. The Hall–Kier alpha value is -1.75. The number of nitrogens with zero attached hydrogens (tertiary/aromatic N) is 1. The van der Waals surface area contributed by atoms with E-state index in [2.05, 4.69) is 12.1 Å². The summed E-state index contributed by atoms with van der Waals surface area (Å²) in [4.78, 5) is 14.2. The maximum absolute atomic E-state index is 12.3. The first kappa shape index (κ1) is 18.6. The summed E-state index contributed by atoms with van der Waals surface area (Å²) in [5, 5.41) is 0. The molecule has 0 aliphatic carbocycles. The molecule has 1 fully saturated rings. The van der Waals surface area contributed by atoms with E-state index in [-0.39, 0.29) is 12.0 Å². The smallest absolute Gasteiger partial charge is 0.410 e. The third-order valence-electron chi connectivity index (χ3n) is 4.48. The van der Waals surface area contributed by atoms with E-state index in [4.69, 9.17) is 15.2 Å². The minimum atomic E-state index is -0.465. The molecule has 2 rings (SSSR count). The first-order valence-electron chi connectivity index (χ1n) is 8.66. The van der Waals surface area contributed by atoms with Crippen molar-refractivity contribution in [2.45, 2.75) is 45.1 Å². The molecule has 1 aromatic rings. The van der Waals surface area contributed by atoms with Crippen LogP contribution in [0.4, 0.5) is 4.79 Å². The molecule has 2 unspecified atom stereocenters. The van der Waals surface area contributed by atoms with Gasteiger partial charge in [-0.15, -0.1) is 0 Å². The number of nitrogens with two attached hydrogens (primary N) is 1. The minimum absolute atomic E-state index is 0.224. The van der Waals surface area contributed by atoms with Gasteiger partial charge in [-0.1, -0.05) is 12.1 Å². The number of carbonyl (C=O) groups is 1. The number of hydrogen-bond acceptors (Lipinski definition) is 4. The summed E-state index contributed by atoms with van der Waals surface area (Å²) in [5.74, 6) is 1.43. The zero-order chi connectivity index (χ0) is 17.7. The maximum Gasteiger partial charge on any atom is 0.410 e. The van der Waals surface area contributed by atoms with Crippen LogP contribution in [0.25, 0.3) is 0 Å². The Balaban J connectivity index is 2.06. The molecule has 0 aromatic heterocycles. The number of amides is 1. The number of rotatable bonds is 4. The van der Waals surface area contributed by atoms with Gasteiger partial charge in [0.2, 0.25) is 0 Å². The molecular weight excluding hydrogens is 304 g/mol. The van der Waals surface area contributed by atoms with Crippen LogP contribution in [-0.2, 0) is 4.74 Å². The number of likely N-dealkylation sites (tertiary alicyclic amines) is 1. The Labute approximate surface area is 145 Å². The second-order valence-electron chi connectivity index (χ2n) is 7.44. The normalized spacial score (nSPS) is 19.7. The summed E-state index contributed by atoms with van der Waals surface area (Å²) >= 11 is 0. The molecule has 134 valence electrons. The Morgan fingerprint density at radius 1 is 1.33 bits per heavy atom. The third-order valence-corrected chi connectivity index (χ3v) is 4.48. The summed E-state index contributed by atoms with van der Waals surface area (Å²) in [5.41, 5.74) is 6.80. The topological polar surface area (TPSA) is 64.8 Å². The minimum Gasteiger partial charge on any atom is -0.497 e. The van der Waals surface area contributed by atoms with Crippen molar-refractivity contribution in [3.63, 3.8) is 0 Å². The molecule has 0 saturated carbocycles. The van der Waals surface area contributed by atoms with E-state index < -0.39 is 5.60 Å². The molecule has 0 radical (unpaired) electrons. The van der Waals surface area contributed by atoms with Crippen LogP contribution in [0.15, 0.2) is 24.3 Å². The van der Waals surface area contributed by atoms with Crippen LogP contribution < -0.4 is 10.5 Å². The van der Waals surface area contributed by atoms with Gasteiger partial charge in [-0.25, -0.2) is 4.79 Å². The van der Waals surface area contributed by atoms with Gasteiger partial charge >= 0.3 is 6.09 Å². The molecule has 0 spiro atoms. The Morgan fingerprint density at radius 2 is 2.00 bits per heavy atom. The highest BCUT2D eigenvalue weighted by atomic mass is 16.6. The lowest BCUT2D eigenvalue weighted by molar-refractivity contribution is 0.0152. The van der Waals surface area contributed by atoms with Crippen molar-refractivity contribution in [3.8, 4) is 5.75 Å². The van der Waals surface area contributed by atoms with Gasteiger partial charge in [0.25, 0.3) is 0 Å². The van der Waals surface area contributed by atoms with E-state index in [0.717, 1.165) is 25.1 Å². The van der Waals surface area contributed by atoms with Gasteiger partial charge < -0.3 is 20.1 Å². The van der Waals surface area contributed by atoms with E-state index in [1.165, 1.54) is 5.56 Å². The van der Waals surface area contributed by atoms with Gasteiger partial charge in [0.05, 0.1) is 7.11 Å². The average molecular weight is 334 g/mol. The fourth-order valence-corrected chi connectivity index (χ4v) is 3.28. The number of hydrogen-bond donors (Lipinski definition) is 1. The monoisotopic (exact) mass is 334 g/mol. The number of piperidine rings is 1. The van der Waals surface area contributed by atoms with E-state index in [1.54, 1.807) is 7.11 Å². The summed E-state index contributed by atoms with van der Waals surface area (Å²) in [6.45, 7) is 7.71. The third kappa shape index (κ3) is 4.87. The fraction of sp³-hybridized carbons (Fsp3) is 0.632. The van der Waals surface area contributed by atoms with Crippen molar-refractivity contribution in [2.75, 3.05) is 26.7 Å². The van der Waals surface area contributed by atoms with E-state index in [1.807, 2.05) is 37.8 Å². The highest BCUT2D eigenvalue weighted by molar-refractivity contribution is 5.68. The van der Waals surface area contributed by atoms with Crippen LogP contribution in [0.1, 0.15) is 45.1 Å². The van der Waals surface area contributed by atoms with Crippen LogP contribution in [0.2, 0.25) is 0 Å². The Bertz CT molecular complexity index is 537. The standard InChI is InChI=1S/C19H30N2O3/c1-19(2,3)24-18(22)21-11-5-6-15(13-21)17(12-20)14-7-9-16(23-4)10-8-14/h7-10,15,17H,5-6,11-13,20H2,1-4H3. The van der Waals surface area contributed by atoms with Crippen LogP contribution in [0.5, 0.6) is 5.75 Å². The van der Waals surface area contributed by atoms with Gasteiger partial charge in [-0.05, 0) is 63.8 Å². The first-order valence-corrected chi connectivity index (χ1v) is 8.66. The molecule has 2 atom stereocenters. The molecule has 1 heterocycles. The van der Waals surface area contributed by atoms with E-state index in [9.17, 15) is 4.79 Å². The lowest BCUT2D eigenvalue weighted by atomic mass is 9.81. The predicted molar refractivity (Wildman–Crippen MR) is 95.3 cm³/mol. The van der Waals surface area contributed by atoms with Crippen molar-refractivity contribution in [2.24, 2.45) is 11.7 Å². The van der Waals surface area contributed by atoms with Gasteiger partial charge in [-0.3, -0.25) is 0 Å². The molecule has 2 N–H and O–H groups in total. The lowest BCUT2D eigenvalue weighted by Gasteiger charge is -2.37. The molecule has 24 heavy (non-hydrogen) atoms. The van der Waals surface area contributed by atoms with Crippen LogP contribution in [0, 0.1) is 5.92 Å². The summed E-state index contributed by atoms with van der Waals surface area (Å²) in [7, 11) is 1.66. The average Bonchev–Trinajstić information content (AvgIpc) is 2.55. The van der Waals surface area contributed by atoms with Crippen LogP contribution in [-0.4, -0.2) is 43.3 Å². The summed E-state index contributed by atoms with van der Waals surface area (Å²) in [6.07, 6.45) is 1.83. The van der Waals surface area contributed by atoms with Crippen LogP contribution >= 0.6 is 0 Å². The SMILES string of the molecule is COc1ccc(C(CN)C2CCCN(C(=O)OC(C)(C)C)C2)cc1. The Kier molecular flexibility index (Phi) is 6.10. The summed E-state index contributed by atoms with van der Waals surface area (Å²) in [6, 6.07) is 8.07. The van der Waals surface area contributed by atoms with Crippen molar-refractivity contribution in [1.82, 2.24) is 4.90 Å². The van der Waals surface area contributed by atoms with Gasteiger partial charge in [0, 0.05) is 19.0 Å². The van der Waals surface area contributed by atoms with Crippen LogP contribution in [0.3, 0.4) is 0 Å². The molecule has 1 aliphatic heterocycles. The number of benzene rings is 1.